The zero-order chi connectivity index (χ0) is 28.8. The summed E-state index contributed by atoms with van der Waals surface area (Å²) >= 11 is 0. The number of nitrogens with zero attached hydrogens (tertiary/aromatic N) is 2. The number of nitrogens with two attached hydrogens (primary N) is 1. The van der Waals surface area contributed by atoms with Gasteiger partial charge in [0, 0.05) is 25.1 Å². The lowest BCUT2D eigenvalue weighted by Crippen LogP contribution is -2.43. The summed E-state index contributed by atoms with van der Waals surface area (Å²) in [7, 11) is 0. The molecule has 0 aliphatic carbocycles. The second kappa shape index (κ2) is 16.2. The Kier molecular flexibility index (Phi) is 13.0. The molecular weight excluding hydrogens is 504 g/mol. The summed E-state index contributed by atoms with van der Waals surface area (Å²) in [5.74, 6) is -1.06. The minimum Gasteiger partial charge on any atom is -0.494 e. The third-order valence-corrected chi connectivity index (χ3v) is 6.07. The minimum absolute atomic E-state index is 0.0854. The summed E-state index contributed by atoms with van der Waals surface area (Å²) < 4.78 is 12.0. The molecule has 0 radical (unpaired) electrons. The van der Waals surface area contributed by atoms with Gasteiger partial charge >= 0.3 is 11.7 Å². The number of hydrogen-bond acceptors (Lipinski definition) is 8. The molecule has 39 heavy (non-hydrogen) atoms. The Hall–Kier alpha value is -3.89. The predicted molar refractivity (Wildman–Crippen MR) is 149 cm³/mol. The van der Waals surface area contributed by atoms with Crippen LogP contribution in [0.5, 0.6) is 5.75 Å². The molecule has 0 aliphatic heterocycles. The van der Waals surface area contributed by atoms with Crippen LogP contribution >= 0.6 is 0 Å². The lowest BCUT2D eigenvalue weighted by molar-refractivity contribution is -0.147. The smallest absolute Gasteiger partial charge is 0.330 e. The molecule has 11 nitrogen and oxygen atoms in total. The molecule has 214 valence electrons. The third-order valence-electron chi connectivity index (χ3n) is 6.07. The number of aromatic amines is 1. The molecule has 3 N–H and O–H groups in total. The molecule has 2 aromatic rings. The van der Waals surface area contributed by atoms with Gasteiger partial charge in [-0.3, -0.25) is 28.7 Å². The van der Waals surface area contributed by atoms with Gasteiger partial charge in [0.1, 0.15) is 11.6 Å². The van der Waals surface area contributed by atoms with Crippen molar-refractivity contribution in [1.82, 2.24) is 9.55 Å². The normalized spacial score (nSPS) is 10.7. The molecule has 1 amide bonds. The first-order chi connectivity index (χ1) is 18.7. The van der Waals surface area contributed by atoms with E-state index in [1.165, 1.54) is 4.57 Å². The average molecular weight is 545 g/mol. The number of benzene rings is 1. The molecule has 0 atom stereocenters. The molecule has 0 unspecified atom stereocenters. The number of hydrogen-bond donors (Lipinski definition) is 2. The number of carbonyl (C=O) groups is 3. The number of nitrogen functional groups attached to an aromatic ring is 1. The Bertz CT molecular complexity index is 1220. The molecule has 0 aliphatic rings. The number of carbonyl (C=O) groups excluding carboxylic acids is 3. The fourth-order valence-corrected chi connectivity index (χ4v) is 3.89. The van der Waals surface area contributed by atoms with Crippen LogP contribution in [0.4, 0.5) is 11.5 Å². The monoisotopic (exact) mass is 544 g/mol. The fourth-order valence-electron chi connectivity index (χ4n) is 3.89. The molecular formula is C28H40N4O7. The first kappa shape index (κ1) is 31.3. The first-order valence-electron chi connectivity index (χ1n) is 13.6. The van der Waals surface area contributed by atoms with Gasteiger partial charge in [-0.05, 0) is 43.5 Å². The van der Waals surface area contributed by atoms with E-state index in [0.717, 1.165) is 30.6 Å². The summed E-state index contributed by atoms with van der Waals surface area (Å²) in [6, 6.07) is 6.74. The number of ketones is 1. The molecule has 0 saturated carbocycles. The molecule has 0 fully saturated rings. The van der Waals surface area contributed by atoms with E-state index in [4.69, 9.17) is 15.2 Å². The molecule has 1 aromatic heterocycles. The molecule has 2 rings (SSSR count). The third kappa shape index (κ3) is 9.42. The van der Waals surface area contributed by atoms with E-state index in [-0.39, 0.29) is 43.2 Å². The van der Waals surface area contributed by atoms with Gasteiger partial charge in [0.25, 0.3) is 11.5 Å². The molecule has 11 heteroatoms. The van der Waals surface area contributed by atoms with E-state index < -0.39 is 29.7 Å². The van der Waals surface area contributed by atoms with Gasteiger partial charge < -0.3 is 20.1 Å². The van der Waals surface area contributed by atoms with Gasteiger partial charge in [-0.1, -0.05) is 40.0 Å². The average Bonchev–Trinajstić information content (AvgIpc) is 2.92. The summed E-state index contributed by atoms with van der Waals surface area (Å²) in [5.41, 5.74) is 4.97. The van der Waals surface area contributed by atoms with Crippen LogP contribution in [0.25, 0.3) is 0 Å². The number of aromatic nitrogens is 2. The van der Waals surface area contributed by atoms with E-state index in [1.807, 2.05) is 13.8 Å². The molecule has 0 bridgehead atoms. The molecule has 0 saturated heterocycles. The van der Waals surface area contributed by atoms with Crippen molar-refractivity contribution in [3.05, 3.63) is 50.7 Å². The SMILES string of the molecule is CCCCCOc1ccc(C(=O)CCC(=O)OCC(=O)N(CCCC)c2c(N)n(CCC)c(=O)[nH]c2=O)cc1. The molecule has 0 spiro atoms. The summed E-state index contributed by atoms with van der Waals surface area (Å²) in [6.07, 6.45) is 4.74. The zero-order valence-electron chi connectivity index (χ0n) is 23.1. The summed E-state index contributed by atoms with van der Waals surface area (Å²) in [5, 5.41) is 0. The Labute approximate surface area is 228 Å². The number of H-pyrrole nitrogens is 1. The molecule has 1 aromatic carbocycles. The van der Waals surface area contributed by atoms with Gasteiger partial charge in [0.15, 0.2) is 18.1 Å². The van der Waals surface area contributed by atoms with Crippen LogP contribution in [0.1, 0.15) is 82.5 Å². The Balaban J connectivity index is 1.97. The van der Waals surface area contributed by atoms with E-state index in [9.17, 15) is 24.0 Å². The van der Waals surface area contributed by atoms with Crippen LogP contribution < -0.4 is 26.6 Å². The maximum atomic E-state index is 13.0. The van der Waals surface area contributed by atoms with Crippen LogP contribution in [0.3, 0.4) is 0 Å². The highest BCUT2D eigenvalue weighted by molar-refractivity contribution is 5.99. The number of unbranched alkanes of at least 4 members (excludes halogenated alkanes) is 3. The van der Waals surface area contributed by atoms with Crippen LogP contribution in [0, 0.1) is 0 Å². The van der Waals surface area contributed by atoms with Gasteiger partial charge in [-0.15, -0.1) is 0 Å². The highest BCUT2D eigenvalue weighted by Gasteiger charge is 2.25. The lowest BCUT2D eigenvalue weighted by atomic mass is 10.1. The summed E-state index contributed by atoms with van der Waals surface area (Å²) in [4.78, 5) is 65.9. The van der Waals surface area contributed by atoms with Crippen molar-refractivity contribution in [1.29, 1.82) is 0 Å². The number of Topliss-reactive ketones (excluding diaryl/α,β-unsaturated/α-hetero) is 1. The highest BCUT2D eigenvalue weighted by Crippen LogP contribution is 2.19. The van der Waals surface area contributed by atoms with Gasteiger partial charge in [0.2, 0.25) is 0 Å². The number of amides is 1. The van der Waals surface area contributed by atoms with Crippen LogP contribution in [0.2, 0.25) is 0 Å². The number of nitrogens with one attached hydrogen (secondary N) is 1. The second-order valence-corrected chi connectivity index (χ2v) is 9.21. The quantitative estimate of drug-likeness (QED) is 0.174. The second-order valence-electron chi connectivity index (χ2n) is 9.21. The predicted octanol–water partition coefficient (Wildman–Crippen LogP) is 3.44. The van der Waals surface area contributed by atoms with Crippen molar-refractivity contribution in [2.45, 2.75) is 78.7 Å². The number of rotatable bonds is 17. The van der Waals surface area contributed by atoms with Crippen molar-refractivity contribution < 1.29 is 23.9 Å². The van der Waals surface area contributed by atoms with E-state index in [2.05, 4.69) is 11.9 Å². The standard InChI is InChI=1S/C28H40N4O7/c1-4-7-9-18-38-21-12-10-20(11-13-21)22(33)14-15-24(35)39-19-23(34)31(17-8-5-2)25-26(29)32(16-6-3)28(37)30-27(25)36/h10-13H,4-9,14-19,29H2,1-3H3,(H,30,36,37). The maximum Gasteiger partial charge on any atom is 0.330 e. The Morgan fingerprint density at radius 1 is 0.949 bits per heavy atom. The maximum absolute atomic E-state index is 13.0. The summed E-state index contributed by atoms with van der Waals surface area (Å²) in [6.45, 7) is 6.28. The van der Waals surface area contributed by atoms with E-state index in [0.29, 0.717) is 30.8 Å². The van der Waals surface area contributed by atoms with Gasteiger partial charge in [0.05, 0.1) is 13.0 Å². The van der Waals surface area contributed by atoms with Crippen LogP contribution in [-0.4, -0.2) is 47.0 Å². The minimum atomic E-state index is -0.788. The van der Waals surface area contributed by atoms with Crippen molar-refractivity contribution in [3.8, 4) is 5.75 Å². The number of esters is 1. The van der Waals surface area contributed by atoms with Gasteiger partial charge in [-0.2, -0.15) is 0 Å². The first-order valence-corrected chi connectivity index (χ1v) is 13.6. The van der Waals surface area contributed by atoms with Crippen LogP contribution in [0.15, 0.2) is 33.9 Å². The highest BCUT2D eigenvalue weighted by atomic mass is 16.5. The van der Waals surface area contributed by atoms with Crippen molar-refractivity contribution in [3.63, 3.8) is 0 Å². The van der Waals surface area contributed by atoms with E-state index in [1.54, 1.807) is 24.3 Å². The van der Waals surface area contributed by atoms with Crippen LogP contribution in [-0.2, 0) is 20.9 Å². The van der Waals surface area contributed by atoms with Crippen molar-refractivity contribution in [2.24, 2.45) is 0 Å². The number of ether oxygens (including phenoxy) is 2. The Morgan fingerprint density at radius 2 is 1.64 bits per heavy atom. The lowest BCUT2D eigenvalue weighted by Gasteiger charge is -2.24. The fraction of sp³-hybridized carbons (Fsp3) is 0.536. The largest absolute Gasteiger partial charge is 0.494 e. The van der Waals surface area contributed by atoms with Crippen molar-refractivity contribution >= 4 is 29.2 Å². The topological polar surface area (TPSA) is 154 Å². The van der Waals surface area contributed by atoms with Gasteiger partial charge in [-0.25, -0.2) is 4.79 Å². The molecule has 1 heterocycles. The number of anilines is 2. The Morgan fingerprint density at radius 3 is 2.28 bits per heavy atom. The van der Waals surface area contributed by atoms with E-state index >= 15 is 0 Å². The van der Waals surface area contributed by atoms with Crippen molar-refractivity contribution in [2.75, 3.05) is 30.4 Å². The zero-order valence-corrected chi connectivity index (χ0v) is 23.1.